The van der Waals surface area contributed by atoms with Crippen molar-refractivity contribution < 1.29 is 13.2 Å². The number of anilines is 1. The van der Waals surface area contributed by atoms with E-state index in [2.05, 4.69) is 24.8 Å². The van der Waals surface area contributed by atoms with Crippen LogP contribution in [0, 0.1) is 0 Å². The quantitative estimate of drug-likeness (QED) is 0.823. The van der Waals surface area contributed by atoms with Gasteiger partial charge in [-0.15, -0.1) is 0 Å². The number of hydrogen-bond donors (Lipinski definition) is 0. The van der Waals surface area contributed by atoms with E-state index in [1.54, 1.807) is 12.4 Å². The van der Waals surface area contributed by atoms with Crippen LogP contribution in [0.4, 0.5) is 19.0 Å². The molecule has 0 aromatic carbocycles. The van der Waals surface area contributed by atoms with Gasteiger partial charge >= 0.3 is 6.18 Å². The Hall–Kier alpha value is -2.22. The lowest BCUT2D eigenvalue weighted by Gasteiger charge is -2.36. The maximum Gasteiger partial charge on any atom is 0.433 e. The van der Waals surface area contributed by atoms with Crippen molar-refractivity contribution >= 4 is 5.82 Å². The van der Waals surface area contributed by atoms with Gasteiger partial charge in [-0.1, -0.05) is 0 Å². The summed E-state index contributed by atoms with van der Waals surface area (Å²) in [6, 6.07) is 2.80. The molecule has 3 heterocycles. The molecule has 0 amide bonds. The Kier molecular flexibility index (Phi) is 4.99. The van der Waals surface area contributed by atoms with Crippen molar-refractivity contribution in [3.8, 4) is 0 Å². The van der Waals surface area contributed by atoms with Gasteiger partial charge in [-0.05, 0) is 43.4 Å². The van der Waals surface area contributed by atoms with Crippen molar-refractivity contribution in [2.45, 2.75) is 38.4 Å². The van der Waals surface area contributed by atoms with Crippen LogP contribution in [0.1, 0.15) is 35.4 Å². The fraction of sp³-hybridized carbons (Fsp3) is 0.526. The summed E-state index contributed by atoms with van der Waals surface area (Å²) in [6.45, 7) is 3.73. The minimum Gasteiger partial charge on any atom is -0.354 e. The molecule has 0 unspecified atom stereocenters. The van der Waals surface area contributed by atoms with Crippen LogP contribution in [-0.4, -0.2) is 46.0 Å². The number of hydrogen-bond acceptors (Lipinski definition) is 5. The van der Waals surface area contributed by atoms with Crippen LogP contribution >= 0.6 is 0 Å². The number of fused-ring (bicyclic) bond motifs is 1. The molecule has 27 heavy (non-hydrogen) atoms. The van der Waals surface area contributed by atoms with E-state index in [1.165, 1.54) is 30.3 Å². The topological polar surface area (TPSA) is 45.2 Å². The van der Waals surface area contributed by atoms with Gasteiger partial charge in [-0.3, -0.25) is 9.88 Å². The molecule has 0 atom stereocenters. The Balaban J connectivity index is 1.40. The van der Waals surface area contributed by atoms with Crippen LogP contribution < -0.4 is 4.90 Å². The first-order chi connectivity index (χ1) is 13.0. The van der Waals surface area contributed by atoms with Crippen molar-refractivity contribution in [1.82, 2.24) is 19.9 Å². The van der Waals surface area contributed by atoms with Gasteiger partial charge in [0, 0.05) is 50.2 Å². The number of alkyl halides is 3. The summed E-state index contributed by atoms with van der Waals surface area (Å²) in [6.07, 6.45) is 2.90. The van der Waals surface area contributed by atoms with E-state index in [9.17, 15) is 13.2 Å². The molecule has 0 radical (unpaired) electrons. The van der Waals surface area contributed by atoms with Gasteiger partial charge in [-0.25, -0.2) is 9.97 Å². The molecule has 4 rings (SSSR count). The van der Waals surface area contributed by atoms with Crippen molar-refractivity contribution in [2.75, 3.05) is 31.1 Å². The van der Waals surface area contributed by atoms with Crippen LogP contribution in [0.15, 0.2) is 24.7 Å². The minimum absolute atomic E-state index is 0.501. The summed E-state index contributed by atoms with van der Waals surface area (Å²) in [5, 5.41) is 0. The van der Waals surface area contributed by atoms with E-state index in [0.29, 0.717) is 12.1 Å². The van der Waals surface area contributed by atoms with Gasteiger partial charge in [0.15, 0.2) is 0 Å². The SMILES string of the molecule is FC(F)(F)c1cc(CN2CCN(c3ncnc4c3CCCC4)CC2)ccn1. The number of halogens is 3. The van der Waals surface area contributed by atoms with Crippen LogP contribution in [0.5, 0.6) is 0 Å². The Labute approximate surface area is 156 Å². The molecule has 0 N–H and O–H groups in total. The summed E-state index contributed by atoms with van der Waals surface area (Å²) in [5.74, 6) is 1.04. The largest absolute Gasteiger partial charge is 0.433 e. The molecule has 2 aliphatic rings. The molecule has 8 heteroatoms. The van der Waals surface area contributed by atoms with Crippen molar-refractivity contribution in [3.63, 3.8) is 0 Å². The van der Waals surface area contributed by atoms with Crippen LogP contribution in [-0.2, 0) is 25.6 Å². The molecule has 2 aromatic rings. The average molecular weight is 377 g/mol. The maximum absolute atomic E-state index is 12.8. The Morgan fingerprint density at radius 3 is 2.52 bits per heavy atom. The van der Waals surface area contributed by atoms with Gasteiger partial charge < -0.3 is 4.90 Å². The molecule has 5 nitrogen and oxygen atoms in total. The zero-order valence-corrected chi connectivity index (χ0v) is 15.0. The van der Waals surface area contributed by atoms with Crippen LogP contribution in [0.25, 0.3) is 0 Å². The summed E-state index contributed by atoms with van der Waals surface area (Å²) >= 11 is 0. The van der Waals surface area contributed by atoms with Crippen LogP contribution in [0.3, 0.4) is 0 Å². The first-order valence-corrected chi connectivity index (χ1v) is 9.33. The molecule has 2 aromatic heterocycles. The Bertz CT molecular complexity index is 800. The third kappa shape index (κ3) is 4.05. The zero-order chi connectivity index (χ0) is 18.9. The van der Waals surface area contributed by atoms with Crippen LogP contribution in [0.2, 0.25) is 0 Å². The molecule has 1 saturated heterocycles. The van der Waals surface area contributed by atoms with E-state index in [1.807, 2.05) is 0 Å². The lowest BCUT2D eigenvalue weighted by Crippen LogP contribution is -2.46. The lowest BCUT2D eigenvalue weighted by atomic mass is 9.96. The molecule has 0 spiro atoms. The summed E-state index contributed by atoms with van der Waals surface area (Å²) in [4.78, 5) is 16.9. The molecular weight excluding hydrogens is 355 g/mol. The molecule has 144 valence electrons. The van der Waals surface area contributed by atoms with Gasteiger partial charge in [0.25, 0.3) is 0 Å². The lowest BCUT2D eigenvalue weighted by molar-refractivity contribution is -0.141. The summed E-state index contributed by atoms with van der Waals surface area (Å²) in [5.41, 5.74) is 2.27. The normalized spacial score (nSPS) is 18.4. The highest BCUT2D eigenvalue weighted by molar-refractivity contribution is 5.50. The first kappa shape index (κ1) is 18.2. The van der Waals surface area contributed by atoms with Gasteiger partial charge in [-0.2, -0.15) is 13.2 Å². The maximum atomic E-state index is 12.8. The number of rotatable bonds is 3. The second kappa shape index (κ2) is 7.42. The first-order valence-electron chi connectivity index (χ1n) is 9.33. The number of piperazine rings is 1. The molecule has 0 saturated carbocycles. The van der Waals surface area contributed by atoms with Gasteiger partial charge in [0.05, 0.1) is 0 Å². The van der Waals surface area contributed by atoms with E-state index < -0.39 is 11.9 Å². The second-order valence-corrected chi connectivity index (χ2v) is 7.14. The van der Waals surface area contributed by atoms with E-state index in [-0.39, 0.29) is 0 Å². The van der Waals surface area contributed by atoms with Gasteiger partial charge in [0.2, 0.25) is 0 Å². The fourth-order valence-electron chi connectivity index (χ4n) is 3.88. The highest BCUT2D eigenvalue weighted by atomic mass is 19.4. The summed E-state index contributed by atoms with van der Waals surface area (Å²) in [7, 11) is 0. The highest BCUT2D eigenvalue weighted by Gasteiger charge is 2.32. The third-order valence-corrected chi connectivity index (χ3v) is 5.30. The van der Waals surface area contributed by atoms with Crippen molar-refractivity contribution in [3.05, 3.63) is 47.2 Å². The molecular formula is C19H22F3N5. The fourth-order valence-corrected chi connectivity index (χ4v) is 3.88. The Morgan fingerprint density at radius 2 is 1.74 bits per heavy atom. The summed E-state index contributed by atoms with van der Waals surface area (Å²) < 4.78 is 38.5. The predicted molar refractivity (Wildman–Crippen MR) is 95.4 cm³/mol. The number of pyridine rings is 1. The third-order valence-electron chi connectivity index (χ3n) is 5.30. The highest BCUT2D eigenvalue weighted by Crippen LogP contribution is 2.29. The molecule has 0 bridgehead atoms. The van der Waals surface area contributed by atoms with E-state index in [0.717, 1.165) is 50.9 Å². The van der Waals surface area contributed by atoms with E-state index in [4.69, 9.17) is 0 Å². The standard InChI is InChI=1S/C19H22F3N5/c20-19(21,22)17-11-14(5-6-23-17)12-26-7-9-27(10-8-26)18-15-3-1-2-4-16(15)24-13-25-18/h5-6,11,13H,1-4,7-10,12H2. The predicted octanol–water partition coefficient (Wildman–Crippen LogP) is 3.09. The average Bonchev–Trinajstić information content (AvgIpc) is 2.68. The molecule has 1 aliphatic heterocycles. The smallest absolute Gasteiger partial charge is 0.354 e. The van der Waals surface area contributed by atoms with Crippen molar-refractivity contribution in [2.24, 2.45) is 0 Å². The zero-order valence-electron chi connectivity index (χ0n) is 15.0. The molecule has 1 fully saturated rings. The van der Waals surface area contributed by atoms with Crippen molar-refractivity contribution in [1.29, 1.82) is 0 Å². The number of aromatic nitrogens is 3. The second-order valence-electron chi connectivity index (χ2n) is 7.14. The van der Waals surface area contributed by atoms with Gasteiger partial charge in [0.1, 0.15) is 17.8 Å². The monoisotopic (exact) mass is 377 g/mol. The number of nitrogens with zero attached hydrogens (tertiary/aromatic N) is 5. The number of aryl methyl sites for hydroxylation is 1. The molecule has 1 aliphatic carbocycles. The van der Waals surface area contributed by atoms with E-state index >= 15 is 0 Å². The Morgan fingerprint density at radius 1 is 0.963 bits per heavy atom. The minimum atomic E-state index is -4.40.